The Morgan fingerprint density at radius 1 is 1.30 bits per heavy atom. The van der Waals surface area contributed by atoms with Gasteiger partial charge in [-0.25, -0.2) is 9.67 Å². The molecular formula is C17H25Cl2N5O2S. The standard InChI is InChI=1S/C17H23N5O2S.2ClH/c1-9-10(2)21-22(4)17(24)13(9)16-20-11(3)14(25-16)15(23)19-8-12-6-5-7-18-12;;/h12,18H,5-8H2,1-4H3,(H,19,23);2*1H. The van der Waals surface area contributed by atoms with Crippen LogP contribution < -0.4 is 16.2 Å². The number of hydrogen-bond donors (Lipinski definition) is 2. The number of rotatable bonds is 4. The lowest BCUT2D eigenvalue weighted by Crippen LogP contribution is -2.37. The lowest BCUT2D eigenvalue weighted by atomic mass is 10.1. The summed E-state index contributed by atoms with van der Waals surface area (Å²) in [6, 6.07) is 0.342. The van der Waals surface area contributed by atoms with Crippen molar-refractivity contribution in [2.75, 3.05) is 13.1 Å². The smallest absolute Gasteiger partial charge is 0.277 e. The van der Waals surface area contributed by atoms with E-state index in [0.717, 1.165) is 30.6 Å². The Labute approximate surface area is 174 Å². The van der Waals surface area contributed by atoms with Crippen LogP contribution in [0, 0.1) is 20.8 Å². The molecule has 0 spiro atoms. The number of amides is 1. The Kier molecular flexibility index (Phi) is 8.41. The monoisotopic (exact) mass is 433 g/mol. The summed E-state index contributed by atoms with van der Waals surface area (Å²) < 4.78 is 1.32. The second kappa shape index (κ2) is 9.64. The molecule has 1 unspecified atom stereocenters. The van der Waals surface area contributed by atoms with Crippen LogP contribution in [-0.4, -0.2) is 39.8 Å². The number of nitrogens with one attached hydrogen (secondary N) is 2. The van der Waals surface area contributed by atoms with Crippen LogP contribution in [0.25, 0.3) is 10.6 Å². The number of halogens is 2. The molecule has 10 heteroatoms. The number of hydrogen-bond acceptors (Lipinski definition) is 6. The molecule has 0 saturated carbocycles. The Hall–Kier alpha value is -1.48. The molecule has 1 amide bonds. The molecule has 1 aliphatic heterocycles. The van der Waals surface area contributed by atoms with E-state index in [1.54, 1.807) is 14.0 Å². The van der Waals surface area contributed by atoms with Gasteiger partial charge in [-0.2, -0.15) is 5.10 Å². The summed E-state index contributed by atoms with van der Waals surface area (Å²) in [6.07, 6.45) is 2.23. The molecule has 3 heterocycles. The average Bonchev–Trinajstić information content (AvgIpc) is 3.21. The Bertz CT molecular complexity index is 875. The van der Waals surface area contributed by atoms with Gasteiger partial charge in [0.15, 0.2) is 0 Å². The fraction of sp³-hybridized carbons (Fsp3) is 0.529. The largest absolute Gasteiger partial charge is 0.350 e. The van der Waals surface area contributed by atoms with Gasteiger partial charge in [0.25, 0.3) is 11.5 Å². The van der Waals surface area contributed by atoms with E-state index in [-0.39, 0.29) is 36.3 Å². The van der Waals surface area contributed by atoms with E-state index in [1.807, 2.05) is 13.8 Å². The highest BCUT2D eigenvalue weighted by Crippen LogP contribution is 2.28. The highest BCUT2D eigenvalue weighted by atomic mass is 35.5. The van der Waals surface area contributed by atoms with Crippen LogP contribution in [-0.2, 0) is 7.05 Å². The molecule has 1 fully saturated rings. The molecule has 1 atom stereocenters. The molecule has 0 aliphatic carbocycles. The highest BCUT2D eigenvalue weighted by Gasteiger charge is 2.22. The van der Waals surface area contributed by atoms with E-state index >= 15 is 0 Å². The maximum absolute atomic E-state index is 12.5. The van der Waals surface area contributed by atoms with Gasteiger partial charge >= 0.3 is 0 Å². The first-order valence-electron chi connectivity index (χ1n) is 8.42. The molecule has 27 heavy (non-hydrogen) atoms. The van der Waals surface area contributed by atoms with Crippen molar-refractivity contribution in [2.24, 2.45) is 7.05 Å². The Morgan fingerprint density at radius 3 is 2.63 bits per heavy atom. The van der Waals surface area contributed by atoms with Gasteiger partial charge < -0.3 is 10.6 Å². The summed E-state index contributed by atoms with van der Waals surface area (Å²) in [7, 11) is 1.63. The molecule has 0 bridgehead atoms. The molecule has 2 aromatic heterocycles. The second-order valence-corrected chi connectivity index (χ2v) is 7.45. The van der Waals surface area contributed by atoms with E-state index in [4.69, 9.17) is 0 Å². The van der Waals surface area contributed by atoms with E-state index < -0.39 is 0 Å². The van der Waals surface area contributed by atoms with Crippen molar-refractivity contribution in [3.05, 3.63) is 32.2 Å². The van der Waals surface area contributed by atoms with Crippen LogP contribution in [0.15, 0.2) is 4.79 Å². The highest BCUT2D eigenvalue weighted by molar-refractivity contribution is 7.17. The molecule has 2 aromatic rings. The topological polar surface area (TPSA) is 88.9 Å². The fourth-order valence-electron chi connectivity index (χ4n) is 3.04. The molecule has 1 aliphatic rings. The lowest BCUT2D eigenvalue weighted by molar-refractivity contribution is 0.0953. The van der Waals surface area contributed by atoms with Crippen molar-refractivity contribution >= 4 is 42.1 Å². The van der Waals surface area contributed by atoms with E-state index in [2.05, 4.69) is 20.7 Å². The maximum atomic E-state index is 12.5. The lowest BCUT2D eigenvalue weighted by Gasteiger charge is -2.10. The zero-order chi connectivity index (χ0) is 18.1. The first kappa shape index (κ1) is 23.6. The number of thiazole rings is 1. The van der Waals surface area contributed by atoms with Gasteiger partial charge in [0.2, 0.25) is 0 Å². The first-order chi connectivity index (χ1) is 11.9. The summed E-state index contributed by atoms with van der Waals surface area (Å²) in [5, 5.41) is 11.1. The summed E-state index contributed by atoms with van der Waals surface area (Å²) in [5.74, 6) is -0.129. The number of aryl methyl sites for hydroxylation is 3. The zero-order valence-electron chi connectivity index (χ0n) is 15.8. The van der Waals surface area contributed by atoms with Crippen molar-refractivity contribution in [3.63, 3.8) is 0 Å². The van der Waals surface area contributed by atoms with Crippen molar-refractivity contribution in [1.82, 2.24) is 25.4 Å². The van der Waals surface area contributed by atoms with Gasteiger partial charge in [0.05, 0.1) is 17.0 Å². The molecular weight excluding hydrogens is 409 g/mol. The third-order valence-corrected chi connectivity index (χ3v) is 5.79. The third kappa shape index (κ3) is 4.87. The van der Waals surface area contributed by atoms with Crippen LogP contribution in [0.2, 0.25) is 0 Å². The van der Waals surface area contributed by atoms with Crippen LogP contribution in [0.5, 0.6) is 0 Å². The summed E-state index contributed by atoms with van der Waals surface area (Å²) in [6.45, 7) is 7.15. The second-order valence-electron chi connectivity index (χ2n) is 6.45. The van der Waals surface area contributed by atoms with Crippen molar-refractivity contribution in [1.29, 1.82) is 0 Å². The molecule has 1 saturated heterocycles. The summed E-state index contributed by atoms with van der Waals surface area (Å²) in [4.78, 5) is 30.0. The number of carbonyl (C=O) groups excluding carboxylic acids is 1. The molecule has 0 aromatic carbocycles. The van der Waals surface area contributed by atoms with E-state index in [1.165, 1.54) is 16.0 Å². The van der Waals surface area contributed by atoms with Crippen molar-refractivity contribution in [2.45, 2.75) is 39.7 Å². The van der Waals surface area contributed by atoms with Crippen LogP contribution in [0.4, 0.5) is 0 Å². The number of carbonyl (C=O) groups is 1. The Balaban J connectivity index is 0.00000182. The van der Waals surface area contributed by atoms with E-state index in [9.17, 15) is 9.59 Å². The molecule has 0 radical (unpaired) electrons. The van der Waals surface area contributed by atoms with Gasteiger partial charge in [-0.1, -0.05) is 0 Å². The maximum Gasteiger partial charge on any atom is 0.277 e. The molecule has 3 rings (SSSR count). The summed E-state index contributed by atoms with van der Waals surface area (Å²) >= 11 is 1.26. The van der Waals surface area contributed by atoms with Crippen molar-refractivity contribution < 1.29 is 4.79 Å². The molecule has 7 nitrogen and oxygen atoms in total. The predicted octanol–water partition coefficient (Wildman–Crippen LogP) is 2.15. The number of aromatic nitrogens is 3. The average molecular weight is 434 g/mol. The van der Waals surface area contributed by atoms with Gasteiger partial charge in [-0.15, -0.1) is 36.2 Å². The minimum atomic E-state index is -0.195. The minimum absolute atomic E-state index is 0. The minimum Gasteiger partial charge on any atom is -0.350 e. The normalized spacial score (nSPS) is 15.8. The van der Waals surface area contributed by atoms with Crippen molar-refractivity contribution in [3.8, 4) is 10.6 Å². The molecule has 150 valence electrons. The third-order valence-electron chi connectivity index (χ3n) is 4.61. The van der Waals surface area contributed by atoms with Crippen LogP contribution >= 0.6 is 36.2 Å². The van der Waals surface area contributed by atoms with Gasteiger partial charge in [-0.05, 0) is 45.7 Å². The Morgan fingerprint density at radius 2 is 2.00 bits per heavy atom. The van der Waals surface area contributed by atoms with Gasteiger partial charge in [0.1, 0.15) is 9.88 Å². The van der Waals surface area contributed by atoms with Gasteiger partial charge in [0, 0.05) is 19.6 Å². The fourth-order valence-corrected chi connectivity index (χ4v) is 4.12. The predicted molar refractivity (Wildman–Crippen MR) is 113 cm³/mol. The number of nitrogens with zero attached hydrogens (tertiary/aromatic N) is 3. The SMILES string of the molecule is Cc1nc(-c2c(C)c(C)nn(C)c2=O)sc1C(=O)NCC1CCCN1.Cl.Cl. The summed E-state index contributed by atoms with van der Waals surface area (Å²) in [5.41, 5.74) is 2.56. The zero-order valence-corrected chi connectivity index (χ0v) is 18.2. The first-order valence-corrected chi connectivity index (χ1v) is 9.24. The van der Waals surface area contributed by atoms with E-state index in [0.29, 0.717) is 33.7 Å². The van der Waals surface area contributed by atoms with Crippen LogP contribution in [0.1, 0.15) is 39.5 Å². The van der Waals surface area contributed by atoms with Gasteiger partial charge in [-0.3, -0.25) is 9.59 Å². The molecule has 2 N–H and O–H groups in total. The quantitative estimate of drug-likeness (QED) is 0.770. The van der Waals surface area contributed by atoms with Crippen LogP contribution in [0.3, 0.4) is 0 Å².